The minimum Gasteiger partial charge on any atom is -0.131 e. The second-order valence-corrected chi connectivity index (χ2v) is 7.56. The van der Waals surface area contributed by atoms with Crippen LogP contribution in [0.25, 0.3) is 0 Å². The summed E-state index contributed by atoms with van der Waals surface area (Å²) >= 11 is 8.70. The molecule has 18 heavy (non-hydrogen) atoms. The van der Waals surface area contributed by atoms with Crippen LogP contribution in [-0.4, -0.2) is 27.5 Å². The highest BCUT2D eigenvalue weighted by atomic mass is 79.9. The summed E-state index contributed by atoms with van der Waals surface area (Å²) in [6, 6.07) is 10.6. The zero-order valence-electron chi connectivity index (χ0n) is 9.88. The summed E-state index contributed by atoms with van der Waals surface area (Å²) in [5, 5.41) is 9.26. The first-order chi connectivity index (χ1) is 8.83. The quantitative estimate of drug-likeness (QED) is 0.558. The predicted octanol–water partition coefficient (Wildman–Crippen LogP) is 4.53. The highest BCUT2D eigenvalue weighted by Gasteiger charge is 2.12. The summed E-state index contributed by atoms with van der Waals surface area (Å²) in [6.45, 7) is 0. The van der Waals surface area contributed by atoms with Gasteiger partial charge in [0.1, 0.15) is 0 Å². The molecule has 96 valence electrons. The van der Waals surface area contributed by atoms with Crippen LogP contribution in [0, 0.1) is 0 Å². The van der Waals surface area contributed by atoms with E-state index in [2.05, 4.69) is 56.5 Å². The standard InChI is InChI=1S/C12H13BrN2S3/c1-16-11-14-15-12(18-11)17-8-10(7-13)9-5-3-2-4-6-9/h2-6,10H,7-8H2,1H3. The third kappa shape index (κ3) is 3.98. The number of halogens is 1. The Morgan fingerprint density at radius 3 is 2.56 bits per heavy atom. The molecule has 2 aromatic rings. The first-order valence-corrected chi connectivity index (χ1v) is 9.59. The molecule has 0 bridgehead atoms. The molecular weight excluding hydrogens is 348 g/mol. The van der Waals surface area contributed by atoms with Gasteiger partial charge in [0.05, 0.1) is 0 Å². The van der Waals surface area contributed by atoms with Gasteiger partial charge in [-0.25, -0.2) is 0 Å². The Balaban J connectivity index is 1.95. The maximum atomic E-state index is 4.18. The van der Waals surface area contributed by atoms with Gasteiger partial charge in [-0.15, -0.1) is 10.2 Å². The fourth-order valence-electron chi connectivity index (χ4n) is 1.46. The molecule has 0 aliphatic heterocycles. The SMILES string of the molecule is CSc1nnc(SCC(CBr)c2ccccc2)s1. The molecule has 6 heteroatoms. The van der Waals surface area contributed by atoms with Crippen LogP contribution in [0.2, 0.25) is 0 Å². The third-order valence-electron chi connectivity index (χ3n) is 2.43. The average Bonchev–Trinajstić information content (AvgIpc) is 2.89. The lowest BCUT2D eigenvalue weighted by Gasteiger charge is -2.12. The number of benzene rings is 1. The van der Waals surface area contributed by atoms with Crippen LogP contribution >= 0.6 is 50.8 Å². The highest BCUT2D eigenvalue weighted by molar-refractivity contribution is 9.09. The van der Waals surface area contributed by atoms with Gasteiger partial charge in [0.25, 0.3) is 0 Å². The largest absolute Gasteiger partial charge is 0.175 e. The van der Waals surface area contributed by atoms with E-state index in [9.17, 15) is 0 Å². The molecule has 0 amide bonds. The van der Waals surface area contributed by atoms with Gasteiger partial charge in [-0.3, -0.25) is 0 Å². The van der Waals surface area contributed by atoms with Crippen LogP contribution in [0.15, 0.2) is 39.0 Å². The maximum absolute atomic E-state index is 4.18. The van der Waals surface area contributed by atoms with Crippen molar-refractivity contribution < 1.29 is 0 Å². The molecule has 0 spiro atoms. The van der Waals surface area contributed by atoms with E-state index in [0.717, 1.165) is 19.8 Å². The lowest BCUT2D eigenvalue weighted by molar-refractivity contribution is 0.897. The minimum absolute atomic E-state index is 0.512. The second kappa shape index (κ2) is 7.53. The molecule has 1 atom stereocenters. The molecule has 0 N–H and O–H groups in total. The Labute approximate surface area is 128 Å². The van der Waals surface area contributed by atoms with E-state index in [0.29, 0.717) is 5.92 Å². The van der Waals surface area contributed by atoms with Gasteiger partial charge in [-0.1, -0.05) is 81.1 Å². The Hall–Kier alpha value is -0.0400. The van der Waals surface area contributed by atoms with Gasteiger partial charge >= 0.3 is 0 Å². The Bertz CT molecular complexity index is 475. The summed E-state index contributed by atoms with van der Waals surface area (Å²) in [4.78, 5) is 0. The van der Waals surface area contributed by atoms with Crippen molar-refractivity contribution in [1.82, 2.24) is 10.2 Å². The Kier molecular flexibility index (Phi) is 6.01. The summed E-state index contributed by atoms with van der Waals surface area (Å²) in [5.41, 5.74) is 1.37. The lowest BCUT2D eigenvalue weighted by Crippen LogP contribution is -2.03. The van der Waals surface area contributed by atoms with Gasteiger partial charge in [-0.2, -0.15) is 0 Å². The molecule has 1 aromatic heterocycles. The van der Waals surface area contributed by atoms with Crippen LogP contribution in [0.1, 0.15) is 11.5 Å². The zero-order valence-corrected chi connectivity index (χ0v) is 13.9. The first-order valence-electron chi connectivity index (χ1n) is 5.44. The van der Waals surface area contributed by atoms with E-state index in [4.69, 9.17) is 0 Å². The van der Waals surface area contributed by atoms with Crippen LogP contribution in [0.3, 0.4) is 0 Å². The van der Waals surface area contributed by atoms with Gasteiger partial charge < -0.3 is 0 Å². The molecule has 1 unspecified atom stereocenters. The molecular formula is C12H13BrN2S3. The number of rotatable bonds is 6. The van der Waals surface area contributed by atoms with Crippen molar-refractivity contribution in [2.45, 2.75) is 14.6 Å². The summed E-state index contributed by atoms with van der Waals surface area (Å²) in [5.74, 6) is 1.54. The van der Waals surface area contributed by atoms with Gasteiger partial charge in [-0.05, 0) is 11.8 Å². The van der Waals surface area contributed by atoms with E-state index in [-0.39, 0.29) is 0 Å². The van der Waals surface area contributed by atoms with Crippen molar-refractivity contribution in [3.05, 3.63) is 35.9 Å². The summed E-state index contributed by atoms with van der Waals surface area (Å²) < 4.78 is 2.09. The van der Waals surface area contributed by atoms with E-state index in [1.54, 1.807) is 34.9 Å². The van der Waals surface area contributed by atoms with E-state index < -0.39 is 0 Å². The second-order valence-electron chi connectivity index (χ2n) is 3.61. The molecule has 1 aromatic carbocycles. The van der Waals surface area contributed by atoms with Gasteiger partial charge in [0.15, 0.2) is 8.68 Å². The van der Waals surface area contributed by atoms with Gasteiger partial charge in [0.2, 0.25) is 0 Å². The molecule has 1 heterocycles. The molecule has 0 saturated heterocycles. The van der Waals surface area contributed by atoms with Crippen molar-refractivity contribution in [2.75, 3.05) is 17.3 Å². The molecule has 2 rings (SSSR count). The number of hydrogen-bond acceptors (Lipinski definition) is 5. The fraction of sp³-hybridized carbons (Fsp3) is 0.333. The number of nitrogens with zero attached hydrogens (tertiary/aromatic N) is 2. The lowest BCUT2D eigenvalue weighted by atomic mass is 10.0. The average molecular weight is 361 g/mol. The number of aromatic nitrogens is 2. The van der Waals surface area contributed by atoms with Crippen molar-refractivity contribution in [1.29, 1.82) is 0 Å². The van der Waals surface area contributed by atoms with Crippen molar-refractivity contribution >= 4 is 50.8 Å². The molecule has 0 aliphatic rings. The van der Waals surface area contributed by atoms with Crippen LogP contribution in [0.5, 0.6) is 0 Å². The summed E-state index contributed by atoms with van der Waals surface area (Å²) in [7, 11) is 0. The van der Waals surface area contributed by atoms with Crippen LogP contribution < -0.4 is 0 Å². The molecule has 0 radical (unpaired) electrons. The number of alkyl halides is 1. The van der Waals surface area contributed by atoms with E-state index in [1.807, 2.05) is 6.26 Å². The normalized spacial score (nSPS) is 12.6. The van der Waals surface area contributed by atoms with Gasteiger partial charge in [0, 0.05) is 17.0 Å². The third-order valence-corrected chi connectivity index (χ3v) is 6.40. The van der Waals surface area contributed by atoms with Crippen molar-refractivity contribution in [3.63, 3.8) is 0 Å². The maximum Gasteiger partial charge on any atom is 0.175 e. The van der Waals surface area contributed by atoms with E-state index >= 15 is 0 Å². The molecule has 0 aliphatic carbocycles. The fourth-order valence-corrected chi connectivity index (χ4v) is 4.96. The van der Waals surface area contributed by atoms with Crippen LogP contribution in [0.4, 0.5) is 0 Å². The zero-order chi connectivity index (χ0) is 12.8. The monoisotopic (exact) mass is 360 g/mol. The Morgan fingerprint density at radius 2 is 1.94 bits per heavy atom. The number of hydrogen-bond donors (Lipinski definition) is 0. The molecule has 2 nitrogen and oxygen atoms in total. The highest BCUT2D eigenvalue weighted by Crippen LogP contribution is 2.31. The Morgan fingerprint density at radius 1 is 1.22 bits per heavy atom. The minimum atomic E-state index is 0.512. The first kappa shape index (κ1) is 14.4. The topological polar surface area (TPSA) is 25.8 Å². The summed E-state index contributed by atoms with van der Waals surface area (Å²) in [6.07, 6.45) is 2.03. The van der Waals surface area contributed by atoms with Crippen molar-refractivity contribution in [3.8, 4) is 0 Å². The molecule has 0 saturated carbocycles. The predicted molar refractivity (Wildman–Crippen MR) is 85.4 cm³/mol. The van der Waals surface area contributed by atoms with E-state index in [1.165, 1.54) is 5.56 Å². The van der Waals surface area contributed by atoms with Crippen molar-refractivity contribution in [2.24, 2.45) is 0 Å². The van der Waals surface area contributed by atoms with Crippen LogP contribution in [-0.2, 0) is 0 Å². The smallest absolute Gasteiger partial charge is 0.131 e. The molecule has 0 fully saturated rings. The number of thioether (sulfide) groups is 2.